The van der Waals surface area contributed by atoms with Gasteiger partial charge < -0.3 is 15.5 Å². The monoisotopic (exact) mass is 261 g/mol. The molecular formula is C16H27N3. The molecule has 1 aromatic rings. The summed E-state index contributed by atoms with van der Waals surface area (Å²) in [5.41, 5.74) is 8.66. The summed E-state index contributed by atoms with van der Waals surface area (Å²) in [7, 11) is 2.20. The zero-order valence-corrected chi connectivity index (χ0v) is 12.3. The second-order valence-corrected chi connectivity index (χ2v) is 5.90. The number of nitrogens with zero attached hydrogens (tertiary/aromatic N) is 2. The first-order valence-corrected chi connectivity index (χ1v) is 7.35. The molecule has 1 aliphatic rings. The third kappa shape index (κ3) is 4.94. The molecule has 19 heavy (non-hydrogen) atoms. The van der Waals surface area contributed by atoms with Crippen LogP contribution >= 0.6 is 0 Å². The molecule has 0 unspecified atom stereocenters. The molecule has 0 radical (unpaired) electrons. The lowest BCUT2D eigenvalue weighted by atomic mass is 10.1. The number of piperidine rings is 1. The average molecular weight is 261 g/mol. The van der Waals surface area contributed by atoms with Gasteiger partial charge in [-0.1, -0.05) is 29.8 Å². The highest BCUT2D eigenvalue weighted by Gasteiger charge is 2.15. The highest BCUT2D eigenvalue weighted by molar-refractivity contribution is 5.21. The Morgan fingerprint density at radius 1 is 1.21 bits per heavy atom. The summed E-state index contributed by atoms with van der Waals surface area (Å²) in [5.74, 6) is 0. The maximum Gasteiger partial charge on any atom is 0.0231 e. The molecule has 1 aromatic carbocycles. The molecular weight excluding hydrogens is 234 g/mol. The second-order valence-electron chi connectivity index (χ2n) is 5.90. The van der Waals surface area contributed by atoms with Crippen molar-refractivity contribution in [2.45, 2.75) is 32.4 Å². The van der Waals surface area contributed by atoms with Gasteiger partial charge in [-0.2, -0.15) is 0 Å². The topological polar surface area (TPSA) is 32.5 Å². The lowest BCUT2D eigenvalue weighted by molar-refractivity contribution is 0.183. The van der Waals surface area contributed by atoms with Crippen molar-refractivity contribution in [3.63, 3.8) is 0 Å². The predicted octanol–water partition coefficient (Wildman–Crippen LogP) is 1.85. The van der Waals surface area contributed by atoms with Crippen LogP contribution in [-0.2, 0) is 6.54 Å². The smallest absolute Gasteiger partial charge is 0.0231 e. The largest absolute Gasteiger partial charge is 0.328 e. The van der Waals surface area contributed by atoms with Gasteiger partial charge in [-0.05, 0) is 45.5 Å². The van der Waals surface area contributed by atoms with Crippen LogP contribution in [0.4, 0.5) is 0 Å². The van der Waals surface area contributed by atoms with Crippen molar-refractivity contribution in [2.24, 2.45) is 5.73 Å². The van der Waals surface area contributed by atoms with Crippen LogP contribution in [0.25, 0.3) is 0 Å². The number of nitrogens with two attached hydrogens (primary N) is 1. The van der Waals surface area contributed by atoms with E-state index in [1.54, 1.807) is 0 Å². The Morgan fingerprint density at radius 2 is 1.84 bits per heavy atom. The number of aryl methyl sites for hydroxylation is 1. The first-order chi connectivity index (χ1) is 9.13. The van der Waals surface area contributed by atoms with Gasteiger partial charge >= 0.3 is 0 Å². The van der Waals surface area contributed by atoms with Crippen LogP contribution < -0.4 is 5.73 Å². The molecule has 0 spiro atoms. The summed E-state index contributed by atoms with van der Waals surface area (Å²) in [6.45, 7) is 7.79. The number of likely N-dealkylation sites (tertiary alicyclic amines) is 1. The first-order valence-electron chi connectivity index (χ1n) is 7.35. The van der Waals surface area contributed by atoms with E-state index in [2.05, 4.69) is 48.0 Å². The lowest BCUT2D eigenvalue weighted by Gasteiger charge is -2.31. The van der Waals surface area contributed by atoms with Crippen LogP contribution in [0.3, 0.4) is 0 Å². The van der Waals surface area contributed by atoms with Gasteiger partial charge in [-0.15, -0.1) is 0 Å². The van der Waals surface area contributed by atoms with Crippen LogP contribution in [0.1, 0.15) is 24.0 Å². The minimum absolute atomic E-state index is 0.432. The van der Waals surface area contributed by atoms with Crippen LogP contribution in [0, 0.1) is 6.92 Å². The van der Waals surface area contributed by atoms with Gasteiger partial charge in [-0.3, -0.25) is 0 Å². The van der Waals surface area contributed by atoms with E-state index in [9.17, 15) is 0 Å². The molecule has 0 aromatic heterocycles. The number of rotatable bonds is 5. The fourth-order valence-electron chi connectivity index (χ4n) is 2.57. The number of likely N-dealkylation sites (N-methyl/N-ethyl adjacent to an activating group) is 1. The summed E-state index contributed by atoms with van der Waals surface area (Å²) < 4.78 is 0. The molecule has 0 bridgehead atoms. The van der Waals surface area contributed by atoms with E-state index in [0.29, 0.717) is 6.04 Å². The molecule has 0 atom stereocenters. The van der Waals surface area contributed by atoms with Gasteiger partial charge in [-0.25, -0.2) is 0 Å². The van der Waals surface area contributed by atoms with Gasteiger partial charge in [0.25, 0.3) is 0 Å². The van der Waals surface area contributed by atoms with E-state index in [1.165, 1.54) is 24.2 Å². The fourth-order valence-corrected chi connectivity index (χ4v) is 2.57. The summed E-state index contributed by atoms with van der Waals surface area (Å²) >= 11 is 0. The van der Waals surface area contributed by atoms with Gasteiger partial charge in [0.05, 0.1) is 0 Å². The van der Waals surface area contributed by atoms with Crippen LogP contribution in [0.5, 0.6) is 0 Å². The molecule has 0 aliphatic carbocycles. The molecule has 1 saturated heterocycles. The van der Waals surface area contributed by atoms with E-state index in [-0.39, 0.29) is 0 Å². The van der Waals surface area contributed by atoms with Crippen LogP contribution in [-0.4, -0.2) is 49.1 Å². The van der Waals surface area contributed by atoms with E-state index in [1.807, 2.05) is 0 Å². The minimum atomic E-state index is 0.432. The summed E-state index contributed by atoms with van der Waals surface area (Å²) in [6, 6.07) is 9.27. The summed E-state index contributed by atoms with van der Waals surface area (Å²) in [5, 5.41) is 0. The Labute approximate surface area is 117 Å². The van der Waals surface area contributed by atoms with Crippen molar-refractivity contribution in [3.05, 3.63) is 35.4 Å². The number of benzene rings is 1. The third-order valence-electron chi connectivity index (χ3n) is 4.00. The van der Waals surface area contributed by atoms with Crippen LogP contribution in [0.15, 0.2) is 24.3 Å². The zero-order valence-electron chi connectivity index (χ0n) is 12.3. The third-order valence-corrected chi connectivity index (χ3v) is 4.00. The Bertz CT molecular complexity index is 366. The fraction of sp³-hybridized carbons (Fsp3) is 0.625. The summed E-state index contributed by atoms with van der Waals surface area (Å²) in [6.07, 6.45) is 2.31. The summed E-state index contributed by atoms with van der Waals surface area (Å²) in [4.78, 5) is 4.94. The van der Waals surface area contributed by atoms with Crippen molar-refractivity contribution in [2.75, 3.05) is 33.2 Å². The molecule has 1 heterocycles. The van der Waals surface area contributed by atoms with Crippen molar-refractivity contribution in [1.82, 2.24) is 9.80 Å². The van der Waals surface area contributed by atoms with Crippen LogP contribution in [0.2, 0.25) is 0 Å². The lowest BCUT2D eigenvalue weighted by Crippen LogP contribution is -2.42. The second kappa shape index (κ2) is 7.04. The Morgan fingerprint density at radius 3 is 2.47 bits per heavy atom. The Balaban J connectivity index is 1.69. The molecule has 3 heteroatoms. The maximum atomic E-state index is 5.93. The van der Waals surface area contributed by atoms with Gasteiger partial charge in [0, 0.05) is 25.7 Å². The maximum absolute atomic E-state index is 5.93. The van der Waals surface area contributed by atoms with Gasteiger partial charge in [0.2, 0.25) is 0 Å². The molecule has 3 nitrogen and oxygen atoms in total. The Hall–Kier alpha value is -0.900. The van der Waals surface area contributed by atoms with E-state index in [0.717, 1.165) is 32.5 Å². The standard InChI is InChI=1S/C16H27N3/c1-14-3-5-15(6-4-14)13-18(2)11-12-19-9-7-16(17)8-10-19/h3-6,16H,7-13,17H2,1-2H3. The van der Waals surface area contributed by atoms with Crippen molar-refractivity contribution in [1.29, 1.82) is 0 Å². The normalized spacial score (nSPS) is 18.1. The average Bonchev–Trinajstić information content (AvgIpc) is 2.41. The van der Waals surface area contributed by atoms with Crippen molar-refractivity contribution < 1.29 is 0 Å². The quantitative estimate of drug-likeness (QED) is 0.878. The SMILES string of the molecule is Cc1ccc(CN(C)CCN2CCC(N)CC2)cc1. The Kier molecular flexibility index (Phi) is 5.37. The molecule has 1 aliphatic heterocycles. The highest BCUT2D eigenvalue weighted by atomic mass is 15.2. The first kappa shape index (κ1) is 14.5. The van der Waals surface area contributed by atoms with Gasteiger partial charge in [0.1, 0.15) is 0 Å². The van der Waals surface area contributed by atoms with E-state index in [4.69, 9.17) is 5.73 Å². The molecule has 2 rings (SSSR count). The van der Waals surface area contributed by atoms with E-state index >= 15 is 0 Å². The molecule has 106 valence electrons. The van der Waals surface area contributed by atoms with Gasteiger partial charge in [0.15, 0.2) is 0 Å². The number of hydrogen-bond donors (Lipinski definition) is 1. The van der Waals surface area contributed by atoms with Crippen molar-refractivity contribution >= 4 is 0 Å². The molecule has 2 N–H and O–H groups in total. The molecule has 1 fully saturated rings. The molecule has 0 saturated carbocycles. The minimum Gasteiger partial charge on any atom is -0.328 e. The zero-order chi connectivity index (χ0) is 13.7. The number of hydrogen-bond acceptors (Lipinski definition) is 3. The highest BCUT2D eigenvalue weighted by Crippen LogP contribution is 2.09. The van der Waals surface area contributed by atoms with Crippen molar-refractivity contribution in [3.8, 4) is 0 Å². The van der Waals surface area contributed by atoms with E-state index < -0.39 is 0 Å². The molecule has 0 amide bonds. The predicted molar refractivity (Wildman–Crippen MR) is 81.2 cm³/mol.